The lowest BCUT2D eigenvalue weighted by Gasteiger charge is -2.08. The third kappa shape index (κ3) is 4.20. The lowest BCUT2D eigenvalue weighted by molar-refractivity contribution is -0.384. The topological polar surface area (TPSA) is 67.5 Å². The summed E-state index contributed by atoms with van der Waals surface area (Å²) in [5, 5.41) is 14.9. The molecule has 0 atom stereocenters. The molecular formula is C13H9ClF3N3O2S. The Balaban J connectivity index is 2.31. The van der Waals surface area contributed by atoms with Gasteiger partial charge in [0, 0.05) is 6.07 Å². The maximum Gasteiger partial charge on any atom is 0.416 e. The molecule has 1 N–H and O–H groups in total. The van der Waals surface area contributed by atoms with Crippen LogP contribution in [0.1, 0.15) is 17.4 Å². The van der Waals surface area contributed by atoms with Crippen molar-refractivity contribution in [1.82, 2.24) is 0 Å². The number of rotatable bonds is 4. The number of anilines is 1. The molecule has 23 heavy (non-hydrogen) atoms. The maximum atomic E-state index is 12.6. The largest absolute Gasteiger partial charge is 0.416 e. The number of nitrogens with one attached hydrogen (secondary N) is 1. The molecule has 0 aliphatic rings. The second-order valence-corrected chi connectivity index (χ2v) is 6.11. The smallest absolute Gasteiger partial charge is 0.271 e. The van der Waals surface area contributed by atoms with Gasteiger partial charge in [-0.25, -0.2) is 0 Å². The highest BCUT2D eigenvalue weighted by molar-refractivity contribution is 7.18. The molecule has 0 saturated heterocycles. The van der Waals surface area contributed by atoms with Gasteiger partial charge in [0.05, 0.1) is 25.4 Å². The predicted octanol–water partition coefficient (Wildman–Crippen LogP) is 5.16. The van der Waals surface area contributed by atoms with Crippen molar-refractivity contribution >= 4 is 40.0 Å². The lowest BCUT2D eigenvalue weighted by Crippen LogP contribution is -2.07. The molecule has 0 amide bonds. The van der Waals surface area contributed by atoms with E-state index in [0.717, 1.165) is 17.0 Å². The summed E-state index contributed by atoms with van der Waals surface area (Å²) in [5.74, 6) is 0. The fourth-order valence-electron chi connectivity index (χ4n) is 1.66. The fourth-order valence-corrected chi connectivity index (χ4v) is 2.65. The van der Waals surface area contributed by atoms with E-state index in [9.17, 15) is 23.3 Å². The molecule has 1 aromatic carbocycles. The highest BCUT2D eigenvalue weighted by Gasteiger charge is 2.33. The first-order chi connectivity index (χ1) is 10.7. The van der Waals surface area contributed by atoms with Crippen LogP contribution in [-0.4, -0.2) is 10.6 Å². The number of nitrogens with zero attached hydrogens (tertiary/aromatic N) is 2. The number of hydrogen-bond donors (Lipinski definition) is 1. The first-order valence-electron chi connectivity index (χ1n) is 6.10. The van der Waals surface area contributed by atoms with Gasteiger partial charge in [0.2, 0.25) is 0 Å². The molecule has 0 radical (unpaired) electrons. The third-order valence-corrected chi connectivity index (χ3v) is 4.14. The maximum absolute atomic E-state index is 12.6. The lowest BCUT2D eigenvalue weighted by atomic mass is 10.1. The average Bonchev–Trinajstić information content (AvgIpc) is 2.90. The molecular weight excluding hydrogens is 355 g/mol. The van der Waals surface area contributed by atoms with E-state index in [1.165, 1.54) is 11.3 Å². The summed E-state index contributed by atoms with van der Waals surface area (Å²) in [6, 6.07) is 5.58. The number of nitro benzene ring substituents is 1. The standard InChI is InChI=1S/C13H9ClF3N3O2S/c1-7(11-4-5-12(14)23-11)18-19-9-3-2-8(13(15,16)17)6-10(9)20(21)22/h2-6,19H,1H3/b18-7+. The molecule has 0 aliphatic carbocycles. The molecule has 0 fully saturated rings. The Morgan fingerprint density at radius 3 is 2.57 bits per heavy atom. The minimum absolute atomic E-state index is 0.134. The van der Waals surface area contributed by atoms with Gasteiger partial charge in [-0.1, -0.05) is 11.6 Å². The summed E-state index contributed by atoms with van der Waals surface area (Å²) in [6.07, 6.45) is -4.66. The van der Waals surface area contributed by atoms with Gasteiger partial charge < -0.3 is 0 Å². The van der Waals surface area contributed by atoms with E-state index in [1.807, 2.05) is 0 Å². The Bertz CT molecular complexity index is 774. The normalized spacial score (nSPS) is 12.3. The zero-order valence-electron chi connectivity index (χ0n) is 11.5. The minimum Gasteiger partial charge on any atom is -0.271 e. The van der Waals surface area contributed by atoms with E-state index >= 15 is 0 Å². The van der Waals surface area contributed by atoms with Crippen LogP contribution >= 0.6 is 22.9 Å². The summed E-state index contributed by atoms with van der Waals surface area (Å²) >= 11 is 7.06. The Labute approximate surface area is 137 Å². The van der Waals surface area contributed by atoms with Crippen molar-refractivity contribution in [2.24, 2.45) is 5.10 Å². The average molecular weight is 364 g/mol. The van der Waals surface area contributed by atoms with Gasteiger partial charge >= 0.3 is 6.18 Å². The van der Waals surface area contributed by atoms with Crippen LogP contribution in [0.4, 0.5) is 24.5 Å². The number of alkyl halides is 3. The molecule has 122 valence electrons. The van der Waals surface area contributed by atoms with Crippen molar-refractivity contribution in [3.8, 4) is 0 Å². The number of hydrazone groups is 1. The Morgan fingerprint density at radius 2 is 2.04 bits per heavy atom. The van der Waals surface area contributed by atoms with E-state index in [2.05, 4.69) is 10.5 Å². The van der Waals surface area contributed by atoms with Crippen molar-refractivity contribution in [3.63, 3.8) is 0 Å². The molecule has 1 aromatic heterocycles. The van der Waals surface area contributed by atoms with Crippen LogP contribution < -0.4 is 5.43 Å². The van der Waals surface area contributed by atoms with E-state index in [4.69, 9.17) is 11.6 Å². The van der Waals surface area contributed by atoms with Crippen LogP contribution in [0, 0.1) is 10.1 Å². The minimum atomic E-state index is -4.66. The van der Waals surface area contributed by atoms with E-state index in [0.29, 0.717) is 16.1 Å². The second-order valence-electron chi connectivity index (χ2n) is 4.40. The number of hydrogen-bond acceptors (Lipinski definition) is 5. The SMILES string of the molecule is C/C(=N\Nc1ccc(C(F)(F)F)cc1[N+](=O)[O-])c1ccc(Cl)s1. The van der Waals surface area contributed by atoms with Crippen molar-refractivity contribution in [3.05, 3.63) is 55.2 Å². The zero-order valence-corrected chi connectivity index (χ0v) is 13.1. The molecule has 5 nitrogen and oxygen atoms in total. The first kappa shape index (κ1) is 17.2. The van der Waals surface area contributed by atoms with E-state index in [1.54, 1.807) is 19.1 Å². The monoisotopic (exact) mass is 363 g/mol. The highest BCUT2D eigenvalue weighted by Crippen LogP contribution is 2.35. The number of halogens is 4. The van der Waals surface area contributed by atoms with Crippen molar-refractivity contribution < 1.29 is 18.1 Å². The van der Waals surface area contributed by atoms with Gasteiger partial charge in [-0.2, -0.15) is 18.3 Å². The summed E-state index contributed by atoms with van der Waals surface area (Å²) in [5.41, 5.74) is 0.981. The van der Waals surface area contributed by atoms with Crippen molar-refractivity contribution in [2.45, 2.75) is 13.1 Å². The summed E-state index contributed by atoms with van der Waals surface area (Å²) in [6.45, 7) is 1.64. The Hall–Kier alpha value is -2.13. The summed E-state index contributed by atoms with van der Waals surface area (Å²) in [7, 11) is 0. The van der Waals surface area contributed by atoms with Crippen molar-refractivity contribution in [1.29, 1.82) is 0 Å². The van der Waals surface area contributed by atoms with Crippen LogP contribution in [0.25, 0.3) is 0 Å². The molecule has 2 rings (SSSR count). The van der Waals surface area contributed by atoms with Crippen LogP contribution in [0.3, 0.4) is 0 Å². The second kappa shape index (κ2) is 6.55. The number of thiophene rings is 1. The van der Waals surface area contributed by atoms with Gasteiger partial charge in [-0.3, -0.25) is 15.5 Å². The van der Waals surface area contributed by atoms with Crippen LogP contribution in [0.5, 0.6) is 0 Å². The van der Waals surface area contributed by atoms with E-state index in [-0.39, 0.29) is 5.69 Å². The van der Waals surface area contributed by atoms with Gasteiger partial charge in [-0.05, 0) is 31.2 Å². The zero-order chi connectivity index (χ0) is 17.2. The van der Waals surface area contributed by atoms with Crippen molar-refractivity contribution in [2.75, 3.05) is 5.43 Å². The Kier molecular flexibility index (Phi) is 4.90. The molecule has 0 unspecified atom stereocenters. The van der Waals surface area contributed by atoms with Gasteiger partial charge in [0.15, 0.2) is 0 Å². The third-order valence-electron chi connectivity index (χ3n) is 2.80. The van der Waals surface area contributed by atoms with Crippen LogP contribution in [0.15, 0.2) is 35.4 Å². The molecule has 0 aliphatic heterocycles. The predicted molar refractivity (Wildman–Crippen MR) is 83.3 cm³/mol. The Morgan fingerprint density at radius 1 is 1.35 bits per heavy atom. The first-order valence-corrected chi connectivity index (χ1v) is 7.29. The molecule has 0 saturated carbocycles. The summed E-state index contributed by atoms with van der Waals surface area (Å²) in [4.78, 5) is 10.8. The van der Waals surface area contributed by atoms with Gasteiger partial charge in [-0.15, -0.1) is 11.3 Å². The molecule has 10 heteroatoms. The highest BCUT2D eigenvalue weighted by atomic mass is 35.5. The van der Waals surface area contributed by atoms with Crippen LogP contribution in [-0.2, 0) is 6.18 Å². The molecule has 1 heterocycles. The molecule has 0 spiro atoms. The van der Waals surface area contributed by atoms with Crippen LogP contribution in [0.2, 0.25) is 4.34 Å². The van der Waals surface area contributed by atoms with E-state index < -0.39 is 22.4 Å². The quantitative estimate of drug-likeness (QED) is 0.463. The van der Waals surface area contributed by atoms with Gasteiger partial charge in [0.25, 0.3) is 5.69 Å². The summed E-state index contributed by atoms with van der Waals surface area (Å²) < 4.78 is 38.4. The van der Waals surface area contributed by atoms with Gasteiger partial charge in [0.1, 0.15) is 5.69 Å². The molecule has 2 aromatic rings. The fraction of sp³-hybridized carbons (Fsp3) is 0.154. The molecule has 0 bridgehead atoms. The number of benzene rings is 1. The number of nitro groups is 1.